The van der Waals surface area contributed by atoms with Crippen LogP contribution in [0.25, 0.3) is 0 Å². The van der Waals surface area contributed by atoms with E-state index in [1.54, 1.807) is 0 Å². The molecule has 1 unspecified atom stereocenters. The van der Waals surface area contributed by atoms with E-state index in [1.807, 2.05) is 0 Å². The van der Waals surface area contributed by atoms with Crippen LogP contribution in [0.2, 0.25) is 0 Å². The van der Waals surface area contributed by atoms with Gasteiger partial charge in [0.25, 0.3) is 0 Å². The first-order valence-corrected chi connectivity index (χ1v) is 4.14. The van der Waals surface area contributed by atoms with Crippen molar-refractivity contribution in [3.8, 4) is 0 Å². The molecule has 1 atom stereocenters. The van der Waals surface area contributed by atoms with Gasteiger partial charge < -0.3 is 5.11 Å². The number of benzene rings is 1. The summed E-state index contributed by atoms with van der Waals surface area (Å²) in [6, 6.07) is 3.58. The fourth-order valence-corrected chi connectivity index (χ4v) is 1.31. The van der Waals surface area contributed by atoms with E-state index in [2.05, 4.69) is 15.9 Å². The largest absolute Gasteiger partial charge is 0.479 e. The van der Waals surface area contributed by atoms with Gasteiger partial charge in [0, 0.05) is 5.56 Å². The molecule has 0 radical (unpaired) electrons. The molecule has 0 bridgehead atoms. The second kappa shape index (κ2) is 3.83. The standard InChI is InChI=1S/C8H5BrF2O2/c9-6-4(7(11)8(12)13)2-1-3-5(6)10/h1-3,7H,(H,12,13). The molecule has 0 fully saturated rings. The number of carboxylic acid groups (broad SMARTS) is 1. The average molecular weight is 251 g/mol. The average Bonchev–Trinajstić information content (AvgIpc) is 2.08. The van der Waals surface area contributed by atoms with Crippen molar-refractivity contribution in [1.82, 2.24) is 0 Å². The highest BCUT2D eigenvalue weighted by molar-refractivity contribution is 9.10. The van der Waals surface area contributed by atoms with Crippen molar-refractivity contribution in [1.29, 1.82) is 0 Å². The van der Waals surface area contributed by atoms with Crippen LogP contribution in [0.3, 0.4) is 0 Å². The number of alkyl halides is 1. The van der Waals surface area contributed by atoms with Crippen LogP contribution >= 0.6 is 15.9 Å². The Morgan fingerprint density at radius 2 is 2.15 bits per heavy atom. The third-order valence-electron chi connectivity index (χ3n) is 1.47. The van der Waals surface area contributed by atoms with Gasteiger partial charge in [-0.25, -0.2) is 13.6 Å². The normalized spacial score (nSPS) is 12.5. The predicted octanol–water partition coefficient (Wildman–Crippen LogP) is 2.68. The van der Waals surface area contributed by atoms with Crippen LogP contribution in [0.4, 0.5) is 8.78 Å². The second-order valence-corrected chi connectivity index (χ2v) is 3.14. The number of aliphatic carboxylic acids is 1. The summed E-state index contributed by atoms with van der Waals surface area (Å²) >= 11 is 2.77. The topological polar surface area (TPSA) is 37.3 Å². The van der Waals surface area contributed by atoms with Gasteiger partial charge in [-0.15, -0.1) is 0 Å². The van der Waals surface area contributed by atoms with Crippen LogP contribution < -0.4 is 0 Å². The van der Waals surface area contributed by atoms with Crippen LogP contribution in [0, 0.1) is 5.82 Å². The van der Waals surface area contributed by atoms with Gasteiger partial charge in [0.05, 0.1) is 4.47 Å². The lowest BCUT2D eigenvalue weighted by molar-refractivity contribution is -0.143. The molecule has 0 saturated carbocycles. The number of rotatable bonds is 2. The van der Waals surface area contributed by atoms with Crippen molar-refractivity contribution in [3.63, 3.8) is 0 Å². The van der Waals surface area contributed by atoms with E-state index in [4.69, 9.17) is 5.11 Å². The first-order valence-electron chi connectivity index (χ1n) is 3.35. The predicted molar refractivity (Wildman–Crippen MR) is 45.6 cm³/mol. The zero-order valence-corrected chi connectivity index (χ0v) is 7.88. The maximum atomic E-state index is 12.9. The molecule has 0 spiro atoms. The number of halogens is 3. The third kappa shape index (κ3) is 2.03. The summed E-state index contributed by atoms with van der Waals surface area (Å²) in [6.45, 7) is 0. The molecule has 5 heteroatoms. The molecule has 70 valence electrons. The van der Waals surface area contributed by atoms with Crippen LogP contribution in [-0.2, 0) is 4.79 Å². The van der Waals surface area contributed by atoms with Gasteiger partial charge in [0.1, 0.15) is 5.82 Å². The Bertz CT molecular complexity index is 341. The summed E-state index contributed by atoms with van der Waals surface area (Å²) < 4.78 is 25.6. The van der Waals surface area contributed by atoms with E-state index in [9.17, 15) is 13.6 Å². The lowest BCUT2D eigenvalue weighted by atomic mass is 10.1. The van der Waals surface area contributed by atoms with Gasteiger partial charge in [-0.3, -0.25) is 0 Å². The summed E-state index contributed by atoms with van der Waals surface area (Å²) in [7, 11) is 0. The number of hydrogen-bond donors (Lipinski definition) is 1. The highest BCUT2D eigenvalue weighted by atomic mass is 79.9. The Balaban J connectivity index is 3.15. The Labute approximate surface area is 81.3 Å². The van der Waals surface area contributed by atoms with Crippen molar-refractivity contribution in [2.45, 2.75) is 6.17 Å². The first kappa shape index (κ1) is 10.1. The van der Waals surface area contributed by atoms with E-state index >= 15 is 0 Å². The molecule has 0 aliphatic rings. The van der Waals surface area contributed by atoms with Crippen LogP contribution in [-0.4, -0.2) is 11.1 Å². The molecule has 0 heterocycles. The van der Waals surface area contributed by atoms with Crippen molar-refractivity contribution >= 4 is 21.9 Å². The summed E-state index contributed by atoms with van der Waals surface area (Å²) in [5.41, 5.74) is -0.215. The van der Waals surface area contributed by atoms with Gasteiger partial charge in [-0.1, -0.05) is 12.1 Å². The maximum absolute atomic E-state index is 12.9. The molecule has 0 saturated heterocycles. The number of hydrogen-bond acceptors (Lipinski definition) is 1. The molecule has 1 N–H and O–H groups in total. The van der Waals surface area contributed by atoms with E-state index in [-0.39, 0.29) is 10.0 Å². The van der Waals surface area contributed by atoms with E-state index in [1.165, 1.54) is 12.1 Å². The minimum atomic E-state index is -2.20. The van der Waals surface area contributed by atoms with Crippen LogP contribution in [0.15, 0.2) is 22.7 Å². The highest BCUT2D eigenvalue weighted by Crippen LogP contribution is 2.28. The lowest BCUT2D eigenvalue weighted by Gasteiger charge is -2.05. The van der Waals surface area contributed by atoms with Crippen LogP contribution in [0.5, 0.6) is 0 Å². The number of carboxylic acids is 1. The first-order chi connectivity index (χ1) is 6.04. The van der Waals surface area contributed by atoms with Gasteiger partial charge in [0.15, 0.2) is 0 Å². The van der Waals surface area contributed by atoms with E-state index in [0.29, 0.717) is 0 Å². The summed E-state index contributed by atoms with van der Waals surface area (Å²) in [5.74, 6) is -2.31. The molecule has 1 aromatic carbocycles. The summed E-state index contributed by atoms with van der Waals surface area (Å²) in [5, 5.41) is 8.33. The fourth-order valence-electron chi connectivity index (χ4n) is 0.849. The Morgan fingerprint density at radius 1 is 1.54 bits per heavy atom. The molecule has 13 heavy (non-hydrogen) atoms. The minimum absolute atomic E-state index is 0.148. The molecule has 1 rings (SSSR count). The summed E-state index contributed by atoms with van der Waals surface area (Å²) in [6.07, 6.45) is -2.20. The van der Waals surface area contributed by atoms with Crippen LogP contribution in [0.1, 0.15) is 11.7 Å². The Kier molecular flexibility index (Phi) is 2.98. The third-order valence-corrected chi connectivity index (χ3v) is 2.31. The van der Waals surface area contributed by atoms with Gasteiger partial charge in [-0.05, 0) is 22.0 Å². The van der Waals surface area contributed by atoms with E-state index < -0.39 is 18.0 Å². The molecule has 0 aliphatic carbocycles. The molecule has 0 amide bonds. The number of carbonyl (C=O) groups is 1. The zero-order chi connectivity index (χ0) is 10.0. The molecule has 0 aliphatic heterocycles. The Hall–Kier alpha value is -0.970. The van der Waals surface area contributed by atoms with Crippen molar-refractivity contribution in [2.75, 3.05) is 0 Å². The molecular weight excluding hydrogens is 246 g/mol. The van der Waals surface area contributed by atoms with Crippen molar-refractivity contribution < 1.29 is 18.7 Å². The molecular formula is C8H5BrF2O2. The van der Waals surface area contributed by atoms with Gasteiger partial charge in [-0.2, -0.15) is 0 Å². The zero-order valence-electron chi connectivity index (χ0n) is 6.30. The molecule has 2 nitrogen and oxygen atoms in total. The van der Waals surface area contributed by atoms with Crippen molar-refractivity contribution in [2.24, 2.45) is 0 Å². The lowest BCUT2D eigenvalue weighted by Crippen LogP contribution is -2.07. The Morgan fingerprint density at radius 3 is 2.69 bits per heavy atom. The smallest absolute Gasteiger partial charge is 0.343 e. The van der Waals surface area contributed by atoms with Gasteiger partial charge >= 0.3 is 5.97 Å². The highest BCUT2D eigenvalue weighted by Gasteiger charge is 2.22. The molecule has 1 aromatic rings. The monoisotopic (exact) mass is 250 g/mol. The summed E-state index contributed by atoms with van der Waals surface area (Å²) in [4.78, 5) is 10.2. The van der Waals surface area contributed by atoms with Crippen molar-refractivity contribution in [3.05, 3.63) is 34.1 Å². The minimum Gasteiger partial charge on any atom is -0.479 e. The maximum Gasteiger partial charge on any atom is 0.343 e. The van der Waals surface area contributed by atoms with E-state index in [0.717, 1.165) is 6.07 Å². The SMILES string of the molecule is O=C(O)C(F)c1cccc(F)c1Br. The second-order valence-electron chi connectivity index (χ2n) is 2.34. The quantitative estimate of drug-likeness (QED) is 0.877. The molecule has 0 aromatic heterocycles. The van der Waals surface area contributed by atoms with Gasteiger partial charge in [0.2, 0.25) is 6.17 Å². The fraction of sp³-hybridized carbons (Fsp3) is 0.125.